The predicted molar refractivity (Wildman–Crippen MR) is 126 cm³/mol. The number of nitrogens with two attached hydrogens (primary N) is 1. The van der Waals surface area contributed by atoms with Gasteiger partial charge in [0.2, 0.25) is 11.9 Å². The number of nitrogens with one attached hydrogen (secondary N) is 1. The monoisotopic (exact) mass is 468 g/mol. The third kappa shape index (κ3) is 3.89. The smallest absolute Gasteiger partial charge is 0.239 e. The summed E-state index contributed by atoms with van der Waals surface area (Å²) in [5, 5.41) is 10.2. The second kappa shape index (κ2) is 8.45. The van der Waals surface area contributed by atoms with E-state index in [0.29, 0.717) is 18.6 Å². The summed E-state index contributed by atoms with van der Waals surface area (Å²) in [6.45, 7) is 5.21. The number of carbonyl (C=O) groups is 1. The van der Waals surface area contributed by atoms with Gasteiger partial charge >= 0.3 is 0 Å². The zero-order valence-electron chi connectivity index (χ0n) is 19.3. The zero-order valence-corrected chi connectivity index (χ0v) is 20.1. The van der Waals surface area contributed by atoms with E-state index in [1.54, 1.807) is 23.8 Å². The molecule has 0 aromatic carbocycles. The second-order valence-corrected chi connectivity index (χ2v) is 9.72. The third-order valence-corrected chi connectivity index (χ3v) is 7.56. The number of pyridine rings is 1. The van der Waals surface area contributed by atoms with Gasteiger partial charge in [-0.05, 0) is 20.3 Å². The van der Waals surface area contributed by atoms with Crippen molar-refractivity contribution < 1.29 is 9.53 Å². The number of rotatable bonds is 5. The molecular formula is C22H28N8O2S. The molecule has 1 unspecified atom stereocenters. The number of nitrogen functional groups attached to an aromatic ring is 1. The van der Waals surface area contributed by atoms with Crippen LogP contribution in [0.1, 0.15) is 28.9 Å². The molecule has 1 fully saturated rings. The van der Waals surface area contributed by atoms with Crippen molar-refractivity contribution in [3.63, 3.8) is 0 Å². The van der Waals surface area contributed by atoms with Gasteiger partial charge in [-0.2, -0.15) is 10.1 Å². The molecule has 3 aromatic rings. The van der Waals surface area contributed by atoms with E-state index in [1.807, 2.05) is 31.8 Å². The Balaban J connectivity index is 1.49. The van der Waals surface area contributed by atoms with Crippen molar-refractivity contribution in [2.75, 3.05) is 32.2 Å². The van der Waals surface area contributed by atoms with Gasteiger partial charge in [-0.25, -0.2) is 9.67 Å². The first kappa shape index (κ1) is 21.9. The quantitative estimate of drug-likeness (QED) is 0.533. The van der Waals surface area contributed by atoms with Crippen molar-refractivity contribution in [1.29, 1.82) is 0 Å². The maximum Gasteiger partial charge on any atom is 0.239 e. The lowest BCUT2D eigenvalue weighted by Crippen LogP contribution is -2.45. The van der Waals surface area contributed by atoms with Gasteiger partial charge in [-0.15, -0.1) is 11.8 Å². The topological polar surface area (TPSA) is 124 Å². The fraction of sp³-hybridized carbons (Fsp3) is 0.500. The Morgan fingerprint density at radius 1 is 1.33 bits per heavy atom. The number of hydrogen-bond acceptors (Lipinski definition) is 9. The molecular weight excluding hydrogens is 440 g/mol. The second-order valence-electron chi connectivity index (χ2n) is 8.72. The number of thioether (sulfide) groups is 1. The minimum atomic E-state index is -0.151. The minimum absolute atomic E-state index is 0.0942. The average molecular weight is 469 g/mol. The Morgan fingerprint density at radius 2 is 2.15 bits per heavy atom. The van der Waals surface area contributed by atoms with Crippen LogP contribution in [0.25, 0.3) is 11.0 Å². The van der Waals surface area contributed by atoms with E-state index >= 15 is 0 Å². The first-order valence-corrected chi connectivity index (χ1v) is 12.0. The first-order valence-electron chi connectivity index (χ1n) is 11.0. The van der Waals surface area contributed by atoms with Gasteiger partial charge in [0.25, 0.3) is 0 Å². The van der Waals surface area contributed by atoms with Crippen LogP contribution in [0, 0.1) is 13.8 Å². The molecule has 174 valence electrons. The number of nitrogens with zero attached hydrogens (tertiary/aromatic N) is 6. The average Bonchev–Trinajstić information content (AvgIpc) is 3.21. The molecule has 2 aliphatic rings. The molecule has 1 saturated heterocycles. The molecule has 5 rings (SSSR count). The maximum absolute atomic E-state index is 12.4. The number of methoxy groups -OCH3 is 1. The van der Waals surface area contributed by atoms with E-state index in [0.717, 1.165) is 57.4 Å². The van der Waals surface area contributed by atoms with Crippen LogP contribution in [0.3, 0.4) is 0 Å². The van der Waals surface area contributed by atoms with Gasteiger partial charge in [0.1, 0.15) is 10.8 Å². The molecule has 10 nitrogen and oxygen atoms in total. The van der Waals surface area contributed by atoms with E-state index in [4.69, 9.17) is 15.6 Å². The summed E-state index contributed by atoms with van der Waals surface area (Å²) in [6, 6.07) is -0.0563. The van der Waals surface area contributed by atoms with Crippen molar-refractivity contribution in [3.05, 3.63) is 28.7 Å². The van der Waals surface area contributed by atoms with E-state index in [9.17, 15) is 4.79 Å². The number of amides is 1. The molecule has 1 amide bonds. The number of hydrogen-bond donors (Lipinski definition) is 2. The summed E-state index contributed by atoms with van der Waals surface area (Å²) in [6.07, 6.45) is 3.32. The molecule has 3 N–H and O–H groups in total. The molecule has 5 heterocycles. The number of aryl methyl sites for hydroxylation is 1. The van der Waals surface area contributed by atoms with Crippen LogP contribution < -0.4 is 15.8 Å². The van der Waals surface area contributed by atoms with Crippen molar-refractivity contribution >= 4 is 34.7 Å². The molecule has 2 aliphatic heterocycles. The van der Waals surface area contributed by atoms with Gasteiger partial charge in [0, 0.05) is 49.1 Å². The molecule has 0 radical (unpaired) electrons. The van der Waals surface area contributed by atoms with Crippen molar-refractivity contribution in [3.8, 4) is 5.75 Å². The van der Waals surface area contributed by atoms with E-state index in [-0.39, 0.29) is 23.9 Å². The summed E-state index contributed by atoms with van der Waals surface area (Å²) in [5.74, 6) is 1.99. The molecule has 2 atom stereocenters. The van der Waals surface area contributed by atoms with Crippen LogP contribution >= 0.6 is 11.8 Å². The standard InChI is InChI=1S/C22H28N8O2S/c1-11-8-24-16(12(2)18(11)32-4)9-30-19-17-15(28-30)7-13(10-33-20(17)27-22(23)26-19)25-14-5-6-29(3)21(14)31/h8,13-14,25H,5-7,9-10H2,1-4H3,(H2,23,26,27)/t13?,14-/m0/s1. The van der Waals surface area contributed by atoms with Gasteiger partial charge in [-0.1, -0.05) is 0 Å². The number of carbonyl (C=O) groups excluding carboxylic acids is 1. The number of ether oxygens (including phenoxy) is 1. The van der Waals surface area contributed by atoms with Crippen molar-refractivity contribution in [2.45, 2.75) is 50.3 Å². The fourth-order valence-electron chi connectivity index (χ4n) is 4.70. The van der Waals surface area contributed by atoms with Crippen LogP contribution in [0.4, 0.5) is 5.95 Å². The third-order valence-electron chi connectivity index (χ3n) is 6.42. The summed E-state index contributed by atoms with van der Waals surface area (Å²) in [5.41, 5.74) is 10.5. The Hall–Kier alpha value is -2.92. The van der Waals surface area contributed by atoms with Crippen LogP contribution in [0.5, 0.6) is 5.75 Å². The number of anilines is 1. The molecule has 11 heteroatoms. The number of likely N-dealkylation sites (tertiary alicyclic amines) is 1. The largest absolute Gasteiger partial charge is 0.496 e. The van der Waals surface area contributed by atoms with E-state index in [2.05, 4.69) is 20.3 Å². The van der Waals surface area contributed by atoms with Crippen LogP contribution in [0.2, 0.25) is 0 Å². The van der Waals surface area contributed by atoms with E-state index < -0.39 is 0 Å². The zero-order chi connectivity index (χ0) is 23.3. The highest BCUT2D eigenvalue weighted by Gasteiger charge is 2.33. The van der Waals surface area contributed by atoms with E-state index in [1.165, 1.54) is 0 Å². The lowest BCUT2D eigenvalue weighted by molar-refractivity contribution is -0.128. The minimum Gasteiger partial charge on any atom is -0.496 e. The summed E-state index contributed by atoms with van der Waals surface area (Å²) in [7, 11) is 3.52. The Morgan fingerprint density at radius 3 is 2.88 bits per heavy atom. The summed E-state index contributed by atoms with van der Waals surface area (Å²) in [4.78, 5) is 27.8. The van der Waals surface area contributed by atoms with Crippen LogP contribution in [-0.4, -0.2) is 74.1 Å². The van der Waals surface area contributed by atoms with Crippen molar-refractivity contribution in [2.24, 2.45) is 0 Å². The molecule has 0 saturated carbocycles. The van der Waals surface area contributed by atoms with Gasteiger partial charge in [-0.3, -0.25) is 9.78 Å². The fourth-order valence-corrected chi connectivity index (χ4v) is 5.78. The maximum atomic E-state index is 12.4. The predicted octanol–water partition coefficient (Wildman–Crippen LogP) is 1.31. The lowest BCUT2D eigenvalue weighted by Gasteiger charge is -2.20. The molecule has 33 heavy (non-hydrogen) atoms. The molecule has 0 aliphatic carbocycles. The highest BCUT2D eigenvalue weighted by Crippen LogP contribution is 2.34. The summed E-state index contributed by atoms with van der Waals surface area (Å²) >= 11 is 1.63. The first-order chi connectivity index (χ1) is 15.9. The SMILES string of the molecule is COc1c(C)cnc(Cn2nc3c4c(nc(N)nc42)SCC(N[C@H]2CCN(C)C2=O)C3)c1C. The summed E-state index contributed by atoms with van der Waals surface area (Å²) < 4.78 is 7.42. The van der Waals surface area contributed by atoms with Crippen LogP contribution in [0.15, 0.2) is 11.2 Å². The lowest BCUT2D eigenvalue weighted by atomic mass is 10.1. The molecule has 0 bridgehead atoms. The highest BCUT2D eigenvalue weighted by atomic mass is 32.2. The van der Waals surface area contributed by atoms with Crippen molar-refractivity contribution in [1.82, 2.24) is 34.9 Å². The van der Waals surface area contributed by atoms with Gasteiger partial charge < -0.3 is 20.7 Å². The normalized spacial score (nSPS) is 20.5. The Labute approximate surface area is 196 Å². The Bertz CT molecular complexity index is 1240. The van der Waals surface area contributed by atoms with Gasteiger partial charge in [0.05, 0.1) is 36.5 Å². The number of likely N-dealkylation sites (N-methyl/N-ethyl adjacent to an activating group) is 1. The highest BCUT2D eigenvalue weighted by molar-refractivity contribution is 7.99. The Kier molecular flexibility index (Phi) is 5.61. The molecule has 3 aromatic heterocycles. The van der Waals surface area contributed by atoms with Crippen LogP contribution in [-0.2, 0) is 17.8 Å². The van der Waals surface area contributed by atoms with Gasteiger partial charge in [0.15, 0.2) is 5.65 Å². The molecule has 0 spiro atoms. The number of aromatic nitrogens is 5.